The molecule has 2 aromatic carbocycles. The maximum Gasteiger partial charge on any atom is 0.261 e. The number of methoxy groups -OCH3 is 1. The zero-order chi connectivity index (χ0) is 25.0. The van der Waals surface area contributed by atoms with Crippen molar-refractivity contribution < 1.29 is 27.5 Å². The number of amides is 3. The molecule has 10 heteroatoms. The highest BCUT2D eigenvalue weighted by molar-refractivity contribution is 7.91. The van der Waals surface area contributed by atoms with Crippen molar-refractivity contribution in [3.63, 3.8) is 0 Å². The summed E-state index contributed by atoms with van der Waals surface area (Å²) in [5.41, 5.74) is 1.03. The van der Waals surface area contributed by atoms with Crippen molar-refractivity contribution in [2.45, 2.75) is 16.6 Å². The van der Waals surface area contributed by atoms with Crippen molar-refractivity contribution in [2.75, 3.05) is 20.2 Å². The fourth-order valence-electron chi connectivity index (χ4n) is 3.85. The molecule has 9 nitrogen and oxygen atoms in total. The first kappa shape index (κ1) is 24.1. The number of carbonyl (C=O) groups is 3. The number of pyridine rings is 1. The molecule has 0 saturated heterocycles. The molecule has 1 aliphatic heterocycles. The van der Waals surface area contributed by atoms with Gasteiger partial charge >= 0.3 is 0 Å². The van der Waals surface area contributed by atoms with Crippen molar-refractivity contribution in [1.82, 2.24) is 15.2 Å². The Morgan fingerprint density at radius 3 is 2.23 bits per heavy atom. The van der Waals surface area contributed by atoms with Gasteiger partial charge in [0, 0.05) is 31.9 Å². The van der Waals surface area contributed by atoms with Gasteiger partial charge in [-0.15, -0.1) is 0 Å². The van der Waals surface area contributed by atoms with E-state index in [1.165, 1.54) is 31.6 Å². The van der Waals surface area contributed by atoms with Crippen LogP contribution >= 0.6 is 0 Å². The lowest BCUT2D eigenvalue weighted by Gasteiger charge is -2.19. The molecule has 3 aromatic rings. The van der Waals surface area contributed by atoms with Crippen molar-refractivity contribution >= 4 is 27.6 Å². The molecule has 180 valence electrons. The summed E-state index contributed by atoms with van der Waals surface area (Å²) in [6, 6.07) is 15.7. The summed E-state index contributed by atoms with van der Waals surface area (Å²) in [5.74, 6) is -0.869. The number of carbonyl (C=O) groups excluding carboxylic acids is 3. The zero-order valence-corrected chi connectivity index (χ0v) is 19.7. The molecule has 1 unspecified atom stereocenters. The third-order valence-corrected chi connectivity index (χ3v) is 7.86. The first-order valence-corrected chi connectivity index (χ1v) is 12.4. The average Bonchev–Trinajstić information content (AvgIpc) is 3.12. The molecule has 0 bridgehead atoms. The third kappa shape index (κ3) is 4.92. The Kier molecular flexibility index (Phi) is 6.92. The molecular weight excluding hydrogens is 470 g/mol. The van der Waals surface area contributed by atoms with Gasteiger partial charge in [-0.3, -0.25) is 24.3 Å². The monoisotopic (exact) mass is 493 g/mol. The molecule has 2 heterocycles. The van der Waals surface area contributed by atoms with Gasteiger partial charge in [0.2, 0.25) is 5.91 Å². The molecule has 0 saturated carbocycles. The average molecular weight is 494 g/mol. The molecule has 1 atom stereocenters. The van der Waals surface area contributed by atoms with Crippen LogP contribution in [0.25, 0.3) is 0 Å². The Labute approximate surface area is 202 Å². The lowest BCUT2D eigenvalue weighted by Crippen LogP contribution is -2.36. The molecule has 1 N–H and O–H groups in total. The second kappa shape index (κ2) is 10.1. The third-order valence-electron chi connectivity index (χ3n) is 5.74. The molecule has 0 fully saturated rings. The van der Waals surface area contributed by atoms with Crippen LogP contribution in [0.1, 0.15) is 38.0 Å². The van der Waals surface area contributed by atoms with Gasteiger partial charge in [-0.1, -0.05) is 18.2 Å². The van der Waals surface area contributed by atoms with Crippen LogP contribution in [-0.4, -0.2) is 56.2 Å². The Hall–Kier alpha value is -4.05. The number of hydrogen-bond acceptors (Lipinski definition) is 7. The smallest absolute Gasteiger partial charge is 0.261 e. The number of nitrogens with zero attached hydrogens (tertiary/aromatic N) is 2. The molecule has 0 spiro atoms. The highest BCUT2D eigenvalue weighted by Gasteiger charge is 2.35. The van der Waals surface area contributed by atoms with E-state index in [1.54, 1.807) is 48.5 Å². The van der Waals surface area contributed by atoms with Crippen LogP contribution < -0.4 is 10.1 Å². The summed E-state index contributed by atoms with van der Waals surface area (Å²) >= 11 is 0. The lowest BCUT2D eigenvalue weighted by atomic mass is 10.1. The molecule has 1 aromatic heterocycles. The van der Waals surface area contributed by atoms with E-state index in [-0.39, 0.29) is 24.4 Å². The second-order valence-corrected chi connectivity index (χ2v) is 9.99. The first-order chi connectivity index (χ1) is 16.8. The van der Waals surface area contributed by atoms with E-state index in [2.05, 4.69) is 10.3 Å². The Balaban J connectivity index is 1.45. The van der Waals surface area contributed by atoms with Gasteiger partial charge in [-0.2, -0.15) is 0 Å². The second-order valence-electron chi connectivity index (χ2n) is 7.86. The van der Waals surface area contributed by atoms with E-state index in [0.717, 1.165) is 4.90 Å². The van der Waals surface area contributed by atoms with Crippen LogP contribution in [0, 0.1) is 0 Å². The molecule has 0 radical (unpaired) electrons. The lowest BCUT2D eigenvalue weighted by molar-refractivity contribution is -0.121. The molecule has 1 aliphatic rings. The number of imide groups is 1. The number of fused-ring (bicyclic) bond motifs is 1. The molecule has 4 rings (SSSR count). The van der Waals surface area contributed by atoms with Crippen molar-refractivity contribution in [2.24, 2.45) is 0 Å². The predicted molar refractivity (Wildman–Crippen MR) is 127 cm³/mol. The van der Waals surface area contributed by atoms with Crippen LogP contribution in [0.2, 0.25) is 0 Å². The quantitative estimate of drug-likeness (QED) is 0.454. The van der Waals surface area contributed by atoms with E-state index in [9.17, 15) is 22.8 Å². The molecular formula is C25H23N3O6S. The van der Waals surface area contributed by atoms with Crippen LogP contribution in [0.3, 0.4) is 0 Å². The molecule has 3 amide bonds. The topological polar surface area (TPSA) is 123 Å². The normalized spacial score (nSPS) is 13.9. The van der Waals surface area contributed by atoms with E-state index in [0.29, 0.717) is 22.4 Å². The zero-order valence-electron chi connectivity index (χ0n) is 18.9. The largest absolute Gasteiger partial charge is 0.497 e. The fourth-order valence-corrected chi connectivity index (χ4v) is 5.50. The summed E-state index contributed by atoms with van der Waals surface area (Å²) in [5, 5.41) is 1.54. The van der Waals surface area contributed by atoms with Crippen molar-refractivity contribution in [1.29, 1.82) is 0 Å². The van der Waals surface area contributed by atoms with Gasteiger partial charge in [0.05, 0.1) is 23.1 Å². The number of aromatic nitrogens is 1. The van der Waals surface area contributed by atoms with E-state index < -0.39 is 32.8 Å². The fraction of sp³-hybridized carbons (Fsp3) is 0.200. The maximum absolute atomic E-state index is 13.4. The van der Waals surface area contributed by atoms with E-state index in [1.807, 2.05) is 0 Å². The maximum atomic E-state index is 13.4. The summed E-state index contributed by atoms with van der Waals surface area (Å²) < 4.78 is 31.9. The Morgan fingerprint density at radius 1 is 1.00 bits per heavy atom. The number of hydrogen-bond donors (Lipinski definition) is 1. The minimum Gasteiger partial charge on any atom is -0.497 e. The van der Waals surface area contributed by atoms with Gasteiger partial charge in [0.1, 0.15) is 11.0 Å². The number of sulfone groups is 1. The standard InChI is InChI=1S/C25H23N3O6S/c1-34-18-8-10-19(11-9-18)35(32,33)22(17-5-4-13-26-15-17)16-27-23(29)12-14-28-24(30)20-6-2-3-7-21(20)25(28)31/h2-11,13,15,22H,12,14,16H2,1H3,(H,27,29). The number of benzene rings is 2. The van der Waals surface area contributed by atoms with Gasteiger partial charge in [0.15, 0.2) is 9.84 Å². The van der Waals surface area contributed by atoms with E-state index >= 15 is 0 Å². The van der Waals surface area contributed by atoms with Crippen molar-refractivity contribution in [3.8, 4) is 5.75 Å². The summed E-state index contributed by atoms with van der Waals surface area (Å²) in [7, 11) is -2.40. The molecule has 35 heavy (non-hydrogen) atoms. The van der Waals surface area contributed by atoms with Crippen LogP contribution in [-0.2, 0) is 14.6 Å². The van der Waals surface area contributed by atoms with Crippen LogP contribution in [0.15, 0.2) is 78.0 Å². The Bertz CT molecular complexity index is 1320. The minimum atomic E-state index is -3.89. The number of ether oxygens (including phenoxy) is 1. The van der Waals surface area contributed by atoms with Gasteiger partial charge < -0.3 is 10.1 Å². The van der Waals surface area contributed by atoms with E-state index in [4.69, 9.17) is 4.74 Å². The first-order valence-electron chi connectivity index (χ1n) is 10.8. The summed E-state index contributed by atoms with van der Waals surface area (Å²) in [4.78, 5) is 42.7. The predicted octanol–water partition coefficient (Wildman–Crippen LogP) is 2.41. The highest BCUT2D eigenvalue weighted by Crippen LogP contribution is 2.29. The summed E-state index contributed by atoms with van der Waals surface area (Å²) in [6.07, 6.45) is 2.81. The number of rotatable bonds is 9. The SMILES string of the molecule is COc1ccc(S(=O)(=O)C(CNC(=O)CCN2C(=O)c3ccccc3C2=O)c2cccnc2)cc1. The Morgan fingerprint density at radius 2 is 1.66 bits per heavy atom. The van der Waals surface area contributed by atoms with Gasteiger partial charge in [-0.05, 0) is 48.0 Å². The van der Waals surface area contributed by atoms with Gasteiger partial charge in [0.25, 0.3) is 11.8 Å². The van der Waals surface area contributed by atoms with Crippen LogP contribution in [0.5, 0.6) is 5.75 Å². The van der Waals surface area contributed by atoms with Gasteiger partial charge in [-0.25, -0.2) is 8.42 Å². The highest BCUT2D eigenvalue weighted by atomic mass is 32.2. The van der Waals surface area contributed by atoms with Crippen molar-refractivity contribution in [3.05, 3.63) is 89.7 Å². The number of nitrogens with one attached hydrogen (secondary N) is 1. The summed E-state index contributed by atoms with van der Waals surface area (Å²) in [6.45, 7) is -0.317. The molecule has 0 aliphatic carbocycles. The van der Waals surface area contributed by atoms with Crippen LogP contribution in [0.4, 0.5) is 0 Å². The minimum absolute atomic E-state index is 0.0763.